The number of carbonyl (C=O) groups excluding carboxylic acids is 2. The first kappa shape index (κ1) is 13.8. The van der Waals surface area contributed by atoms with Crippen LogP contribution in [0.3, 0.4) is 0 Å². The van der Waals surface area contributed by atoms with E-state index < -0.39 is 11.9 Å². The highest BCUT2D eigenvalue weighted by molar-refractivity contribution is 7.16. The zero-order valence-electron chi connectivity index (χ0n) is 9.47. The van der Waals surface area contributed by atoms with Crippen molar-refractivity contribution in [2.45, 2.75) is 6.92 Å². The number of aliphatic carboxylic acids is 1. The van der Waals surface area contributed by atoms with Gasteiger partial charge in [0.25, 0.3) is 0 Å². The van der Waals surface area contributed by atoms with E-state index in [0.29, 0.717) is 10.0 Å². The smallest absolute Gasteiger partial charge is 0.328 e. The highest BCUT2D eigenvalue weighted by Gasteiger charge is 2.06. The molecule has 0 fully saturated rings. The molecule has 0 unspecified atom stereocenters. The molecule has 0 saturated heterocycles. The molecule has 0 spiro atoms. The van der Waals surface area contributed by atoms with Crippen LogP contribution >= 0.6 is 11.3 Å². The van der Waals surface area contributed by atoms with Gasteiger partial charge in [-0.05, 0) is 6.08 Å². The molecule has 1 aromatic rings. The number of anilines is 1. The maximum atomic E-state index is 11.3. The highest BCUT2D eigenvalue weighted by Crippen LogP contribution is 2.18. The summed E-state index contributed by atoms with van der Waals surface area (Å²) in [5, 5.41) is 13.6. The van der Waals surface area contributed by atoms with Gasteiger partial charge < -0.3 is 15.7 Å². The van der Waals surface area contributed by atoms with Crippen molar-refractivity contribution in [3.05, 3.63) is 17.2 Å². The Labute approximate surface area is 107 Å². The third kappa shape index (κ3) is 5.21. The SMILES string of the molecule is CC(=O)NCC(=O)Nc1ncc(C=CC(=O)O)s1. The minimum absolute atomic E-state index is 0.130. The molecule has 0 aliphatic rings. The van der Waals surface area contributed by atoms with E-state index in [1.807, 2.05) is 0 Å². The molecule has 3 N–H and O–H groups in total. The van der Waals surface area contributed by atoms with Crippen LogP contribution in [-0.2, 0) is 14.4 Å². The van der Waals surface area contributed by atoms with Gasteiger partial charge in [0.15, 0.2) is 5.13 Å². The number of rotatable bonds is 5. The minimum atomic E-state index is -1.06. The summed E-state index contributed by atoms with van der Waals surface area (Å²) in [6, 6.07) is 0. The molecule has 8 heteroatoms. The predicted octanol–water partition coefficient (Wildman–Crippen LogP) is 0.315. The van der Waals surface area contributed by atoms with Crippen molar-refractivity contribution >= 4 is 40.3 Å². The number of hydrogen-bond acceptors (Lipinski definition) is 5. The molecule has 0 aromatic carbocycles. The van der Waals surface area contributed by atoms with Gasteiger partial charge in [0.05, 0.1) is 6.54 Å². The molecular formula is C10H11N3O4S. The summed E-state index contributed by atoms with van der Waals surface area (Å²) in [6.45, 7) is 1.18. The predicted molar refractivity (Wildman–Crippen MR) is 66.1 cm³/mol. The van der Waals surface area contributed by atoms with E-state index >= 15 is 0 Å². The number of aromatic nitrogens is 1. The van der Waals surface area contributed by atoms with Crippen molar-refractivity contribution in [1.29, 1.82) is 0 Å². The van der Waals surface area contributed by atoms with E-state index in [4.69, 9.17) is 5.11 Å². The molecule has 1 aromatic heterocycles. The van der Waals surface area contributed by atoms with Crippen LogP contribution in [0.25, 0.3) is 6.08 Å². The van der Waals surface area contributed by atoms with Crippen LogP contribution in [0, 0.1) is 0 Å². The van der Waals surface area contributed by atoms with Crippen LogP contribution in [0.2, 0.25) is 0 Å². The molecule has 1 heterocycles. The van der Waals surface area contributed by atoms with Crippen LogP contribution in [0.4, 0.5) is 5.13 Å². The number of nitrogens with one attached hydrogen (secondary N) is 2. The fourth-order valence-electron chi connectivity index (χ4n) is 0.943. The van der Waals surface area contributed by atoms with Crippen molar-refractivity contribution in [2.24, 2.45) is 0 Å². The summed E-state index contributed by atoms with van der Waals surface area (Å²) >= 11 is 1.13. The Morgan fingerprint density at radius 2 is 2.22 bits per heavy atom. The van der Waals surface area contributed by atoms with Gasteiger partial charge in [0, 0.05) is 24.1 Å². The van der Waals surface area contributed by atoms with Crippen LogP contribution in [-0.4, -0.2) is 34.4 Å². The lowest BCUT2D eigenvalue weighted by atomic mass is 10.4. The van der Waals surface area contributed by atoms with Gasteiger partial charge in [-0.25, -0.2) is 9.78 Å². The standard InChI is InChI=1S/C10H11N3O4S/c1-6(14)11-5-8(15)13-10-12-4-7(18-10)2-3-9(16)17/h2-4H,5H2,1H3,(H,11,14)(H,16,17)(H,12,13,15). The number of carboxylic acid groups (broad SMARTS) is 1. The molecule has 96 valence electrons. The van der Waals surface area contributed by atoms with Crippen molar-refractivity contribution in [1.82, 2.24) is 10.3 Å². The summed E-state index contributed by atoms with van der Waals surface area (Å²) in [5.74, 6) is -1.75. The molecule has 0 bridgehead atoms. The zero-order chi connectivity index (χ0) is 13.5. The summed E-state index contributed by atoms with van der Waals surface area (Å²) in [7, 11) is 0. The van der Waals surface area contributed by atoms with Crippen LogP contribution in [0.15, 0.2) is 12.3 Å². The zero-order valence-corrected chi connectivity index (χ0v) is 10.3. The minimum Gasteiger partial charge on any atom is -0.478 e. The van der Waals surface area contributed by atoms with Gasteiger partial charge in [0.1, 0.15) is 0 Å². The Bertz CT molecular complexity index is 495. The van der Waals surface area contributed by atoms with Crippen molar-refractivity contribution in [3.8, 4) is 0 Å². The van der Waals surface area contributed by atoms with Crippen LogP contribution in [0.1, 0.15) is 11.8 Å². The van der Waals surface area contributed by atoms with Crippen molar-refractivity contribution in [3.63, 3.8) is 0 Å². The van der Waals surface area contributed by atoms with Gasteiger partial charge in [-0.3, -0.25) is 9.59 Å². The Balaban J connectivity index is 2.51. The average molecular weight is 269 g/mol. The summed E-state index contributed by atoms with van der Waals surface area (Å²) in [4.78, 5) is 36.7. The molecule has 0 aliphatic carbocycles. The third-order valence-electron chi connectivity index (χ3n) is 1.66. The van der Waals surface area contributed by atoms with E-state index in [9.17, 15) is 14.4 Å². The molecule has 0 aliphatic heterocycles. The number of thiazole rings is 1. The van der Waals surface area contributed by atoms with Crippen molar-refractivity contribution < 1.29 is 19.5 Å². The van der Waals surface area contributed by atoms with E-state index in [2.05, 4.69) is 15.6 Å². The summed E-state index contributed by atoms with van der Waals surface area (Å²) < 4.78 is 0. The second-order valence-corrected chi connectivity index (χ2v) is 4.26. The molecule has 2 amide bonds. The monoisotopic (exact) mass is 269 g/mol. The molecule has 18 heavy (non-hydrogen) atoms. The molecule has 0 atom stereocenters. The second-order valence-electron chi connectivity index (χ2n) is 3.20. The van der Waals surface area contributed by atoms with E-state index in [1.165, 1.54) is 19.2 Å². The number of carboxylic acids is 1. The first-order valence-corrected chi connectivity index (χ1v) is 5.70. The Morgan fingerprint density at radius 3 is 2.83 bits per heavy atom. The van der Waals surface area contributed by atoms with Gasteiger partial charge in [0.2, 0.25) is 11.8 Å². The molecule has 0 radical (unpaired) electrons. The number of carbonyl (C=O) groups is 3. The summed E-state index contributed by atoms with van der Waals surface area (Å²) in [6.07, 6.45) is 3.80. The van der Waals surface area contributed by atoms with Crippen LogP contribution in [0.5, 0.6) is 0 Å². The lowest BCUT2D eigenvalue weighted by Gasteiger charge is -2.01. The van der Waals surface area contributed by atoms with E-state index in [1.54, 1.807) is 0 Å². The van der Waals surface area contributed by atoms with Gasteiger partial charge in [-0.15, -0.1) is 0 Å². The van der Waals surface area contributed by atoms with E-state index in [0.717, 1.165) is 17.4 Å². The normalized spacial score (nSPS) is 10.3. The number of nitrogens with zero attached hydrogens (tertiary/aromatic N) is 1. The van der Waals surface area contributed by atoms with Crippen LogP contribution < -0.4 is 10.6 Å². The maximum Gasteiger partial charge on any atom is 0.328 e. The average Bonchev–Trinajstić information content (AvgIpc) is 2.71. The van der Waals surface area contributed by atoms with Gasteiger partial charge >= 0.3 is 5.97 Å². The number of amides is 2. The Hall–Kier alpha value is -2.22. The molecule has 1 rings (SSSR count). The first-order valence-electron chi connectivity index (χ1n) is 4.88. The quantitative estimate of drug-likeness (QED) is 0.667. The van der Waals surface area contributed by atoms with Crippen molar-refractivity contribution in [2.75, 3.05) is 11.9 Å². The third-order valence-corrected chi connectivity index (χ3v) is 2.54. The number of hydrogen-bond donors (Lipinski definition) is 3. The Morgan fingerprint density at radius 1 is 1.50 bits per heavy atom. The largest absolute Gasteiger partial charge is 0.478 e. The first-order chi connectivity index (χ1) is 8.47. The Kier molecular flexibility index (Phi) is 5.00. The molecule has 0 saturated carbocycles. The fourth-order valence-corrected chi connectivity index (χ4v) is 1.68. The van der Waals surface area contributed by atoms with Gasteiger partial charge in [-0.1, -0.05) is 11.3 Å². The molecule has 7 nitrogen and oxygen atoms in total. The topological polar surface area (TPSA) is 108 Å². The van der Waals surface area contributed by atoms with Gasteiger partial charge in [-0.2, -0.15) is 0 Å². The summed E-state index contributed by atoms with van der Waals surface area (Å²) in [5.41, 5.74) is 0. The molecular weight excluding hydrogens is 258 g/mol. The lowest BCUT2D eigenvalue weighted by Crippen LogP contribution is -2.31. The lowest BCUT2D eigenvalue weighted by molar-refractivity contribution is -0.131. The highest BCUT2D eigenvalue weighted by atomic mass is 32.1. The van der Waals surface area contributed by atoms with E-state index in [-0.39, 0.29) is 12.5 Å². The maximum absolute atomic E-state index is 11.3. The second kappa shape index (κ2) is 6.50. The fraction of sp³-hybridized carbons (Fsp3) is 0.200.